The summed E-state index contributed by atoms with van der Waals surface area (Å²) in [4.78, 5) is 12.7. The number of hydrogen-bond acceptors (Lipinski definition) is 3. The van der Waals surface area contributed by atoms with Gasteiger partial charge in [0.2, 0.25) is 0 Å². The van der Waals surface area contributed by atoms with Gasteiger partial charge in [0.25, 0.3) is 5.91 Å². The lowest BCUT2D eigenvalue weighted by molar-refractivity contribution is -0.0501. The fourth-order valence-corrected chi connectivity index (χ4v) is 3.42. The van der Waals surface area contributed by atoms with Crippen LogP contribution in [0.2, 0.25) is 10.0 Å². The molecule has 0 aliphatic carbocycles. The van der Waals surface area contributed by atoms with Crippen molar-refractivity contribution in [3.63, 3.8) is 0 Å². The molecular weight excluding hydrogens is 423 g/mol. The van der Waals surface area contributed by atoms with Gasteiger partial charge < -0.3 is 10.1 Å². The summed E-state index contributed by atoms with van der Waals surface area (Å²) >= 11 is 12.5. The quantitative estimate of drug-likeness (QED) is 0.535. The minimum atomic E-state index is -3.03. The number of hydrogen-bond donors (Lipinski definition) is 1. The summed E-state index contributed by atoms with van der Waals surface area (Å²) in [6.07, 6.45) is 0. The lowest BCUT2D eigenvalue weighted by Crippen LogP contribution is -2.16. The molecular formula is C20H17Cl2F2N3O2. The van der Waals surface area contributed by atoms with Gasteiger partial charge in [0.15, 0.2) is 0 Å². The third-order valence-electron chi connectivity index (χ3n) is 4.34. The van der Waals surface area contributed by atoms with E-state index in [1.807, 2.05) is 0 Å². The monoisotopic (exact) mass is 439 g/mol. The van der Waals surface area contributed by atoms with E-state index in [1.54, 1.807) is 42.8 Å². The number of amides is 1. The zero-order valence-corrected chi connectivity index (χ0v) is 17.1. The van der Waals surface area contributed by atoms with Crippen LogP contribution in [-0.2, 0) is 6.54 Å². The molecule has 0 unspecified atom stereocenters. The molecule has 0 saturated carbocycles. The molecule has 1 N–H and O–H groups in total. The maximum absolute atomic E-state index is 12.7. The summed E-state index contributed by atoms with van der Waals surface area (Å²) in [5, 5.41) is 8.19. The van der Waals surface area contributed by atoms with E-state index in [4.69, 9.17) is 23.2 Å². The maximum atomic E-state index is 12.7. The van der Waals surface area contributed by atoms with Crippen molar-refractivity contribution < 1.29 is 18.3 Å². The molecule has 5 nitrogen and oxygen atoms in total. The zero-order valence-electron chi connectivity index (χ0n) is 15.5. The molecule has 9 heteroatoms. The molecule has 29 heavy (non-hydrogen) atoms. The predicted octanol–water partition coefficient (Wildman–Crippen LogP) is 5.71. The molecule has 0 spiro atoms. The van der Waals surface area contributed by atoms with Crippen molar-refractivity contribution in [2.24, 2.45) is 0 Å². The number of carbonyl (C=O) groups excluding carboxylic acids is 1. The number of halogens is 4. The molecule has 0 saturated heterocycles. The molecule has 2 aromatic carbocycles. The van der Waals surface area contributed by atoms with Gasteiger partial charge in [0.1, 0.15) is 5.75 Å². The maximum Gasteiger partial charge on any atom is 0.387 e. The largest absolute Gasteiger partial charge is 0.434 e. The first kappa shape index (κ1) is 21.1. The van der Waals surface area contributed by atoms with E-state index >= 15 is 0 Å². The van der Waals surface area contributed by atoms with Crippen LogP contribution >= 0.6 is 23.2 Å². The number of benzene rings is 2. The molecule has 0 bridgehead atoms. The molecule has 0 fully saturated rings. The molecule has 0 atom stereocenters. The second kappa shape index (κ2) is 8.80. The van der Waals surface area contributed by atoms with Crippen LogP contribution in [-0.4, -0.2) is 22.3 Å². The highest BCUT2D eigenvalue weighted by molar-refractivity contribution is 6.36. The number of aromatic nitrogens is 2. The van der Waals surface area contributed by atoms with Gasteiger partial charge >= 0.3 is 6.61 Å². The number of nitrogens with one attached hydrogen (secondary N) is 1. The lowest BCUT2D eigenvalue weighted by Gasteiger charge is -2.12. The second-order valence-electron chi connectivity index (χ2n) is 6.23. The first-order chi connectivity index (χ1) is 13.8. The van der Waals surface area contributed by atoms with E-state index in [-0.39, 0.29) is 11.3 Å². The van der Waals surface area contributed by atoms with Gasteiger partial charge in [-0.1, -0.05) is 41.4 Å². The number of ether oxygens (including phenoxy) is 1. The Kier molecular flexibility index (Phi) is 6.39. The van der Waals surface area contributed by atoms with E-state index in [2.05, 4.69) is 15.2 Å². The van der Waals surface area contributed by atoms with Crippen LogP contribution in [0, 0.1) is 13.8 Å². The van der Waals surface area contributed by atoms with Crippen LogP contribution in [0.5, 0.6) is 5.75 Å². The van der Waals surface area contributed by atoms with Gasteiger partial charge in [0.05, 0.1) is 29.2 Å². The normalized spacial score (nSPS) is 11.0. The van der Waals surface area contributed by atoms with Gasteiger partial charge in [0, 0.05) is 15.6 Å². The summed E-state index contributed by atoms with van der Waals surface area (Å²) in [5.41, 5.74) is 2.40. The third kappa shape index (κ3) is 4.68. The van der Waals surface area contributed by atoms with Gasteiger partial charge in [-0.15, -0.1) is 0 Å². The Morgan fingerprint density at radius 2 is 1.79 bits per heavy atom. The number of alkyl halides is 2. The van der Waals surface area contributed by atoms with Crippen LogP contribution < -0.4 is 10.1 Å². The van der Waals surface area contributed by atoms with Crippen molar-refractivity contribution in [3.8, 4) is 5.75 Å². The van der Waals surface area contributed by atoms with Gasteiger partial charge in [-0.2, -0.15) is 13.9 Å². The van der Waals surface area contributed by atoms with Gasteiger partial charge in [-0.3, -0.25) is 9.48 Å². The minimum absolute atomic E-state index is 0.00602. The van der Waals surface area contributed by atoms with E-state index in [1.165, 1.54) is 18.2 Å². The van der Waals surface area contributed by atoms with Crippen molar-refractivity contribution in [2.75, 3.05) is 5.32 Å². The molecule has 0 aliphatic rings. The predicted molar refractivity (Wildman–Crippen MR) is 108 cm³/mol. The number of nitrogens with zero attached hydrogens (tertiary/aromatic N) is 2. The number of anilines is 1. The first-order valence-corrected chi connectivity index (χ1v) is 9.35. The molecule has 3 aromatic rings. The highest BCUT2D eigenvalue weighted by Crippen LogP contribution is 2.28. The Morgan fingerprint density at radius 1 is 1.14 bits per heavy atom. The van der Waals surface area contributed by atoms with Crippen LogP contribution in [0.25, 0.3) is 0 Å². The summed E-state index contributed by atoms with van der Waals surface area (Å²) < 4.78 is 31.3. The Labute approximate surface area is 176 Å². The summed E-state index contributed by atoms with van der Waals surface area (Å²) in [7, 11) is 0. The summed E-state index contributed by atoms with van der Waals surface area (Å²) in [6.45, 7) is 0.790. The SMILES string of the molecule is Cc1nn(Cc2c(Cl)cccc2Cl)c(C)c1NC(=O)c1ccccc1OC(F)F. The fourth-order valence-electron chi connectivity index (χ4n) is 2.90. The molecule has 0 radical (unpaired) electrons. The molecule has 152 valence electrons. The van der Waals surface area contributed by atoms with Crippen LogP contribution in [0.1, 0.15) is 27.3 Å². The third-order valence-corrected chi connectivity index (χ3v) is 5.05. The highest BCUT2D eigenvalue weighted by atomic mass is 35.5. The second-order valence-corrected chi connectivity index (χ2v) is 7.05. The summed E-state index contributed by atoms with van der Waals surface area (Å²) in [6, 6.07) is 11.0. The molecule has 1 aromatic heterocycles. The van der Waals surface area contributed by atoms with E-state index in [9.17, 15) is 13.6 Å². The Hall–Kier alpha value is -2.64. The molecule has 1 amide bonds. The summed E-state index contributed by atoms with van der Waals surface area (Å²) in [5.74, 6) is -0.784. The van der Waals surface area contributed by atoms with E-state index in [0.717, 1.165) is 0 Å². The zero-order chi connectivity index (χ0) is 21.1. The van der Waals surface area contributed by atoms with E-state index < -0.39 is 12.5 Å². The lowest BCUT2D eigenvalue weighted by atomic mass is 10.1. The Morgan fingerprint density at radius 3 is 2.45 bits per heavy atom. The topological polar surface area (TPSA) is 56.2 Å². The van der Waals surface area contributed by atoms with Crippen molar-refractivity contribution in [1.82, 2.24) is 9.78 Å². The standard InChI is InChI=1S/C20H17Cl2F2N3O2/c1-11-18(25-19(28)13-6-3-4-9-17(13)29-20(23)24)12(2)27(26-11)10-14-15(21)7-5-8-16(14)22/h3-9,20H,10H2,1-2H3,(H,25,28). The van der Waals surface area contributed by atoms with Gasteiger partial charge in [-0.25, -0.2) is 0 Å². The average molecular weight is 440 g/mol. The molecule has 1 heterocycles. The molecule has 3 rings (SSSR count). The fraction of sp³-hybridized carbons (Fsp3) is 0.200. The highest BCUT2D eigenvalue weighted by Gasteiger charge is 2.20. The van der Waals surface area contributed by atoms with Crippen molar-refractivity contribution in [2.45, 2.75) is 27.0 Å². The van der Waals surface area contributed by atoms with Crippen LogP contribution in [0.15, 0.2) is 42.5 Å². The van der Waals surface area contributed by atoms with Crippen LogP contribution in [0.4, 0.5) is 14.5 Å². The van der Waals surface area contributed by atoms with Crippen molar-refractivity contribution in [3.05, 3.63) is 75.0 Å². The van der Waals surface area contributed by atoms with Crippen molar-refractivity contribution in [1.29, 1.82) is 0 Å². The van der Waals surface area contributed by atoms with Crippen molar-refractivity contribution >= 4 is 34.8 Å². The number of rotatable bonds is 6. The number of carbonyl (C=O) groups is 1. The minimum Gasteiger partial charge on any atom is -0.434 e. The Balaban J connectivity index is 1.87. The smallest absolute Gasteiger partial charge is 0.387 e. The van der Waals surface area contributed by atoms with E-state index in [0.29, 0.717) is 39.2 Å². The van der Waals surface area contributed by atoms with Crippen LogP contribution in [0.3, 0.4) is 0 Å². The molecule has 0 aliphatic heterocycles. The average Bonchev–Trinajstić information content (AvgIpc) is 2.92. The Bertz CT molecular complexity index is 1030. The number of aryl methyl sites for hydroxylation is 1. The first-order valence-electron chi connectivity index (χ1n) is 8.60. The number of para-hydroxylation sites is 1. The van der Waals surface area contributed by atoms with Gasteiger partial charge in [-0.05, 0) is 38.1 Å².